The lowest BCUT2D eigenvalue weighted by atomic mass is 10.1. The summed E-state index contributed by atoms with van der Waals surface area (Å²) in [7, 11) is 0. The Bertz CT molecular complexity index is 976. The van der Waals surface area contributed by atoms with Crippen LogP contribution in [0.25, 0.3) is 0 Å². The number of carbonyl (C=O) groups excluding carboxylic acids is 3. The molecule has 2 aromatic rings. The predicted octanol–water partition coefficient (Wildman–Crippen LogP) is 2.11. The number of rotatable bonds is 3. The lowest BCUT2D eigenvalue weighted by molar-refractivity contribution is -0.137. The van der Waals surface area contributed by atoms with Gasteiger partial charge in [-0.2, -0.15) is 0 Å². The molecule has 1 unspecified atom stereocenters. The maximum atomic E-state index is 13.0. The van der Waals surface area contributed by atoms with Gasteiger partial charge in [-0.05, 0) is 54.7 Å². The van der Waals surface area contributed by atoms with E-state index < -0.39 is 0 Å². The summed E-state index contributed by atoms with van der Waals surface area (Å²) in [5.74, 6) is -0.125. The van der Waals surface area contributed by atoms with Gasteiger partial charge < -0.3 is 19.1 Å². The van der Waals surface area contributed by atoms with Crippen LogP contribution in [-0.4, -0.2) is 60.2 Å². The first-order valence-corrected chi connectivity index (χ1v) is 10.6. The summed E-state index contributed by atoms with van der Waals surface area (Å²) in [6.45, 7) is 2.34. The number of hydrogen-bond acceptors (Lipinski definition) is 4. The Morgan fingerprint density at radius 1 is 0.967 bits per heavy atom. The molecule has 2 fully saturated rings. The maximum Gasteiger partial charge on any atom is 0.289 e. The van der Waals surface area contributed by atoms with Crippen LogP contribution in [0.3, 0.4) is 0 Å². The zero-order chi connectivity index (χ0) is 20.7. The SMILES string of the molecule is O=C(c1ccco1)N1CCN(C(=O)C2CC(=O)N(c3ccc4c(c3)CCC4)C2)CC1. The zero-order valence-electron chi connectivity index (χ0n) is 16.9. The maximum absolute atomic E-state index is 13.0. The van der Waals surface area contributed by atoms with Gasteiger partial charge in [-0.15, -0.1) is 0 Å². The zero-order valence-corrected chi connectivity index (χ0v) is 16.9. The van der Waals surface area contributed by atoms with Gasteiger partial charge in [0.05, 0.1) is 12.2 Å². The van der Waals surface area contributed by atoms with Crippen molar-refractivity contribution in [3.63, 3.8) is 0 Å². The second-order valence-corrected chi connectivity index (χ2v) is 8.31. The highest BCUT2D eigenvalue weighted by Crippen LogP contribution is 2.31. The fourth-order valence-electron chi connectivity index (χ4n) is 4.79. The van der Waals surface area contributed by atoms with Crippen molar-refractivity contribution in [2.75, 3.05) is 37.6 Å². The molecule has 7 nitrogen and oxygen atoms in total. The lowest BCUT2D eigenvalue weighted by Gasteiger charge is -2.35. The van der Waals surface area contributed by atoms with E-state index >= 15 is 0 Å². The van der Waals surface area contributed by atoms with Crippen LogP contribution < -0.4 is 4.90 Å². The van der Waals surface area contributed by atoms with Gasteiger partial charge in [-0.1, -0.05) is 6.07 Å². The van der Waals surface area contributed by atoms with Crippen molar-refractivity contribution in [3.8, 4) is 0 Å². The molecule has 2 aliphatic heterocycles. The number of nitrogens with zero attached hydrogens (tertiary/aromatic N) is 3. The Morgan fingerprint density at radius 2 is 1.73 bits per heavy atom. The molecule has 0 N–H and O–H groups in total. The summed E-state index contributed by atoms with van der Waals surface area (Å²) in [4.78, 5) is 43.3. The molecular formula is C23H25N3O4. The number of anilines is 1. The monoisotopic (exact) mass is 407 g/mol. The van der Waals surface area contributed by atoms with E-state index in [2.05, 4.69) is 12.1 Å². The molecule has 1 aromatic carbocycles. The second kappa shape index (κ2) is 7.63. The third-order valence-corrected chi connectivity index (χ3v) is 6.48. The molecular weight excluding hydrogens is 382 g/mol. The molecule has 156 valence electrons. The number of furan rings is 1. The predicted molar refractivity (Wildman–Crippen MR) is 110 cm³/mol. The molecule has 2 saturated heterocycles. The summed E-state index contributed by atoms with van der Waals surface area (Å²) in [5, 5.41) is 0. The molecule has 3 amide bonds. The summed E-state index contributed by atoms with van der Waals surface area (Å²) in [5.41, 5.74) is 3.61. The fourth-order valence-corrected chi connectivity index (χ4v) is 4.79. The molecule has 3 aliphatic rings. The minimum atomic E-state index is -0.321. The van der Waals surface area contributed by atoms with Crippen molar-refractivity contribution in [1.82, 2.24) is 9.80 Å². The number of fused-ring (bicyclic) bond motifs is 1. The van der Waals surface area contributed by atoms with E-state index in [1.807, 2.05) is 6.07 Å². The van der Waals surface area contributed by atoms with Crippen molar-refractivity contribution < 1.29 is 18.8 Å². The van der Waals surface area contributed by atoms with Crippen LogP contribution in [0, 0.1) is 5.92 Å². The molecule has 3 heterocycles. The molecule has 0 saturated carbocycles. The first kappa shape index (κ1) is 18.9. The number of amides is 3. The largest absolute Gasteiger partial charge is 0.459 e. The molecule has 7 heteroatoms. The number of hydrogen-bond donors (Lipinski definition) is 0. The van der Waals surface area contributed by atoms with Crippen LogP contribution >= 0.6 is 0 Å². The highest BCUT2D eigenvalue weighted by Gasteiger charge is 2.38. The molecule has 30 heavy (non-hydrogen) atoms. The molecule has 5 rings (SSSR count). The van der Waals surface area contributed by atoms with Gasteiger partial charge in [0, 0.05) is 44.8 Å². The average molecular weight is 407 g/mol. The molecule has 1 atom stereocenters. The van der Waals surface area contributed by atoms with Crippen molar-refractivity contribution in [3.05, 3.63) is 53.5 Å². The molecule has 1 aliphatic carbocycles. The Balaban J connectivity index is 1.20. The van der Waals surface area contributed by atoms with Crippen LogP contribution in [0.5, 0.6) is 0 Å². The van der Waals surface area contributed by atoms with Crippen molar-refractivity contribution in [1.29, 1.82) is 0 Å². The van der Waals surface area contributed by atoms with E-state index in [0.717, 1.165) is 18.5 Å². The van der Waals surface area contributed by atoms with Crippen LogP contribution in [0.4, 0.5) is 5.69 Å². The smallest absolute Gasteiger partial charge is 0.289 e. The summed E-state index contributed by atoms with van der Waals surface area (Å²) in [6.07, 6.45) is 5.08. The average Bonchev–Trinajstić information content (AvgIpc) is 3.53. The van der Waals surface area contributed by atoms with Crippen LogP contribution in [0.2, 0.25) is 0 Å². The minimum Gasteiger partial charge on any atom is -0.459 e. The topological polar surface area (TPSA) is 74.1 Å². The molecule has 0 spiro atoms. The standard InChI is InChI=1S/C23H25N3O4/c27-21-14-18(15-26(21)19-7-6-16-3-1-4-17(16)13-19)22(28)24-8-10-25(11-9-24)23(29)20-5-2-12-30-20/h2,5-7,12-13,18H,1,3-4,8-11,14-15H2. The summed E-state index contributed by atoms with van der Waals surface area (Å²) in [6, 6.07) is 9.59. The normalized spacial score (nSPS) is 21.3. The second-order valence-electron chi connectivity index (χ2n) is 8.31. The Kier molecular flexibility index (Phi) is 4.81. The first-order valence-electron chi connectivity index (χ1n) is 10.6. The number of carbonyl (C=O) groups is 3. The van der Waals surface area contributed by atoms with Gasteiger partial charge >= 0.3 is 0 Å². The fraction of sp³-hybridized carbons (Fsp3) is 0.435. The van der Waals surface area contributed by atoms with Gasteiger partial charge in [-0.25, -0.2) is 0 Å². The Labute approximate surface area is 175 Å². The van der Waals surface area contributed by atoms with Gasteiger partial charge in [-0.3, -0.25) is 14.4 Å². The lowest BCUT2D eigenvalue weighted by Crippen LogP contribution is -2.52. The van der Waals surface area contributed by atoms with Gasteiger partial charge in [0.25, 0.3) is 5.91 Å². The third-order valence-electron chi connectivity index (χ3n) is 6.48. The first-order chi connectivity index (χ1) is 14.6. The van der Waals surface area contributed by atoms with E-state index in [1.54, 1.807) is 26.8 Å². The van der Waals surface area contributed by atoms with Crippen molar-refractivity contribution in [2.24, 2.45) is 5.92 Å². The van der Waals surface area contributed by atoms with Gasteiger partial charge in [0.1, 0.15) is 0 Å². The van der Waals surface area contributed by atoms with Gasteiger partial charge in [0.2, 0.25) is 11.8 Å². The van der Waals surface area contributed by atoms with Crippen molar-refractivity contribution in [2.45, 2.75) is 25.7 Å². The number of benzene rings is 1. The van der Waals surface area contributed by atoms with E-state index in [1.165, 1.54) is 23.8 Å². The van der Waals surface area contributed by atoms with E-state index in [4.69, 9.17) is 4.42 Å². The molecule has 1 aromatic heterocycles. The highest BCUT2D eigenvalue weighted by molar-refractivity contribution is 6.00. The van der Waals surface area contributed by atoms with Gasteiger partial charge in [0.15, 0.2) is 5.76 Å². The van der Waals surface area contributed by atoms with Crippen LogP contribution in [0.1, 0.15) is 34.5 Å². The number of piperazine rings is 1. The summed E-state index contributed by atoms with van der Waals surface area (Å²) < 4.78 is 5.18. The highest BCUT2D eigenvalue weighted by atomic mass is 16.3. The number of aryl methyl sites for hydroxylation is 2. The Morgan fingerprint density at radius 3 is 2.50 bits per heavy atom. The van der Waals surface area contributed by atoms with Crippen LogP contribution in [-0.2, 0) is 22.4 Å². The van der Waals surface area contributed by atoms with Crippen molar-refractivity contribution >= 4 is 23.4 Å². The van der Waals surface area contributed by atoms with Crippen LogP contribution in [0.15, 0.2) is 41.0 Å². The van der Waals surface area contributed by atoms with E-state index in [-0.39, 0.29) is 30.1 Å². The van der Waals surface area contributed by atoms with E-state index in [0.29, 0.717) is 38.5 Å². The molecule has 0 bridgehead atoms. The molecule has 0 radical (unpaired) electrons. The third kappa shape index (κ3) is 3.38. The summed E-state index contributed by atoms with van der Waals surface area (Å²) >= 11 is 0. The Hall–Kier alpha value is -3.09. The quantitative estimate of drug-likeness (QED) is 0.781. The minimum absolute atomic E-state index is 0.0112. The van der Waals surface area contributed by atoms with E-state index in [9.17, 15) is 14.4 Å².